The van der Waals surface area contributed by atoms with Crippen LogP contribution >= 0.6 is 0 Å². The molecule has 0 amide bonds. The second-order valence-electron chi connectivity index (χ2n) is 9.15. The molecule has 2 saturated carbocycles. The van der Waals surface area contributed by atoms with Gasteiger partial charge in [0.05, 0.1) is 0 Å². The van der Waals surface area contributed by atoms with Gasteiger partial charge in [-0.2, -0.15) is 0 Å². The smallest absolute Gasteiger partial charge is 0.302 e. The first-order valence-corrected chi connectivity index (χ1v) is 10.4. The van der Waals surface area contributed by atoms with Gasteiger partial charge in [0.15, 0.2) is 0 Å². The van der Waals surface area contributed by atoms with Gasteiger partial charge in [0.1, 0.15) is 11.9 Å². The third-order valence-electron chi connectivity index (χ3n) is 7.77. The van der Waals surface area contributed by atoms with Crippen molar-refractivity contribution in [3.05, 3.63) is 29.3 Å². The van der Waals surface area contributed by atoms with Crippen LogP contribution in [0, 0.1) is 23.2 Å². The van der Waals surface area contributed by atoms with E-state index in [0.717, 1.165) is 19.3 Å². The van der Waals surface area contributed by atoms with Gasteiger partial charge in [-0.25, -0.2) is 0 Å². The number of hydrogen-bond donors (Lipinski definition) is 1. The van der Waals surface area contributed by atoms with E-state index in [1.54, 1.807) is 6.92 Å². The highest BCUT2D eigenvalue weighted by Crippen LogP contribution is 2.63. The van der Waals surface area contributed by atoms with E-state index in [0.29, 0.717) is 29.4 Å². The SMILES string of the molecule is CCC[C@@H]1Cc2cc(O)ccc2[C@H]2CC[C@]3(C)[C@@H](OC(C)=O)CC[C@H]3[C@H]12. The number of carbonyl (C=O) groups is 1. The molecule has 0 aromatic heterocycles. The molecule has 2 fully saturated rings. The number of ether oxygens (including phenoxy) is 1. The van der Waals surface area contributed by atoms with Gasteiger partial charge in [0.2, 0.25) is 0 Å². The largest absolute Gasteiger partial charge is 0.508 e. The van der Waals surface area contributed by atoms with E-state index in [-0.39, 0.29) is 17.5 Å². The standard InChI is InChI=1S/C23H32O3/c1-4-5-15-12-16-13-17(25)6-7-18(16)19-10-11-23(3)20(22(15)19)8-9-21(23)26-14(2)24/h6-7,13,15,19-22,25H,4-5,8-12H2,1-3H3/t15-,19-,20+,21+,22-,23+/m1/s1. The molecule has 1 aromatic rings. The van der Waals surface area contributed by atoms with Crippen molar-refractivity contribution >= 4 is 5.97 Å². The summed E-state index contributed by atoms with van der Waals surface area (Å²) in [5, 5.41) is 9.96. The predicted molar refractivity (Wildman–Crippen MR) is 102 cm³/mol. The molecule has 3 heteroatoms. The lowest BCUT2D eigenvalue weighted by atomic mass is 9.52. The Kier molecular flexibility index (Phi) is 4.53. The summed E-state index contributed by atoms with van der Waals surface area (Å²) < 4.78 is 5.77. The highest BCUT2D eigenvalue weighted by atomic mass is 16.5. The number of phenolic OH excluding ortho intramolecular Hbond substituents is 1. The molecule has 142 valence electrons. The summed E-state index contributed by atoms with van der Waals surface area (Å²) in [6.45, 7) is 6.21. The minimum absolute atomic E-state index is 0.0921. The molecule has 3 aliphatic carbocycles. The maximum Gasteiger partial charge on any atom is 0.302 e. The van der Waals surface area contributed by atoms with Crippen molar-refractivity contribution in [2.24, 2.45) is 23.2 Å². The first-order chi connectivity index (χ1) is 12.4. The van der Waals surface area contributed by atoms with Crippen molar-refractivity contribution in [1.82, 2.24) is 0 Å². The van der Waals surface area contributed by atoms with Crippen LogP contribution in [0.1, 0.15) is 76.3 Å². The van der Waals surface area contributed by atoms with E-state index >= 15 is 0 Å². The lowest BCUT2D eigenvalue weighted by molar-refractivity contribution is -0.155. The summed E-state index contributed by atoms with van der Waals surface area (Å²) >= 11 is 0. The molecule has 26 heavy (non-hydrogen) atoms. The average molecular weight is 357 g/mol. The molecule has 0 heterocycles. The summed E-state index contributed by atoms with van der Waals surface area (Å²) in [4.78, 5) is 11.6. The second kappa shape index (κ2) is 6.58. The number of phenols is 1. The fourth-order valence-corrected chi connectivity index (χ4v) is 6.78. The average Bonchev–Trinajstić information content (AvgIpc) is 2.90. The Labute approximate surface area is 157 Å². The lowest BCUT2D eigenvalue weighted by Gasteiger charge is -2.53. The van der Waals surface area contributed by atoms with Crippen LogP contribution < -0.4 is 0 Å². The number of esters is 1. The zero-order valence-corrected chi connectivity index (χ0v) is 16.3. The fourth-order valence-electron chi connectivity index (χ4n) is 6.78. The molecular weight excluding hydrogens is 324 g/mol. The van der Waals surface area contributed by atoms with E-state index in [9.17, 15) is 9.90 Å². The van der Waals surface area contributed by atoms with E-state index in [1.807, 2.05) is 12.1 Å². The number of aromatic hydroxyl groups is 1. The van der Waals surface area contributed by atoms with Crippen LogP contribution in [-0.4, -0.2) is 17.2 Å². The minimum Gasteiger partial charge on any atom is -0.508 e. The van der Waals surface area contributed by atoms with Crippen molar-refractivity contribution in [2.75, 3.05) is 0 Å². The van der Waals surface area contributed by atoms with Gasteiger partial charge in [-0.05, 0) is 79.0 Å². The Morgan fingerprint density at radius 2 is 2.12 bits per heavy atom. The van der Waals surface area contributed by atoms with E-state index in [4.69, 9.17) is 4.74 Å². The highest BCUT2D eigenvalue weighted by molar-refractivity contribution is 5.66. The molecule has 0 aliphatic heterocycles. The van der Waals surface area contributed by atoms with E-state index < -0.39 is 0 Å². The number of rotatable bonds is 3. The zero-order chi connectivity index (χ0) is 18.5. The maximum atomic E-state index is 11.6. The number of hydrogen-bond acceptors (Lipinski definition) is 3. The Hall–Kier alpha value is -1.51. The van der Waals surface area contributed by atoms with Crippen LogP contribution in [-0.2, 0) is 16.0 Å². The lowest BCUT2D eigenvalue weighted by Crippen LogP contribution is -2.48. The number of carbonyl (C=O) groups excluding carboxylic acids is 1. The monoisotopic (exact) mass is 356 g/mol. The van der Waals surface area contributed by atoms with E-state index in [1.165, 1.54) is 36.8 Å². The fraction of sp³-hybridized carbons (Fsp3) is 0.696. The van der Waals surface area contributed by atoms with Crippen molar-refractivity contribution in [1.29, 1.82) is 0 Å². The van der Waals surface area contributed by atoms with Crippen LogP contribution in [0.2, 0.25) is 0 Å². The van der Waals surface area contributed by atoms with Gasteiger partial charge in [-0.3, -0.25) is 4.79 Å². The summed E-state index contributed by atoms with van der Waals surface area (Å²) in [5.41, 5.74) is 2.97. The van der Waals surface area contributed by atoms with Crippen LogP contribution in [0.4, 0.5) is 0 Å². The molecule has 0 spiro atoms. The number of benzene rings is 1. The molecule has 3 nitrogen and oxygen atoms in total. The van der Waals surface area contributed by atoms with Gasteiger partial charge in [-0.15, -0.1) is 0 Å². The first-order valence-electron chi connectivity index (χ1n) is 10.4. The summed E-state index contributed by atoms with van der Waals surface area (Å²) in [7, 11) is 0. The molecule has 1 aromatic carbocycles. The summed E-state index contributed by atoms with van der Waals surface area (Å²) in [6, 6.07) is 6.03. The van der Waals surface area contributed by atoms with Gasteiger partial charge < -0.3 is 9.84 Å². The second-order valence-corrected chi connectivity index (χ2v) is 9.15. The van der Waals surface area contributed by atoms with Gasteiger partial charge in [0, 0.05) is 12.3 Å². The topological polar surface area (TPSA) is 46.5 Å². The molecule has 0 saturated heterocycles. The van der Waals surface area contributed by atoms with Gasteiger partial charge >= 0.3 is 5.97 Å². The predicted octanol–water partition coefficient (Wildman–Crippen LogP) is 5.21. The van der Waals surface area contributed by atoms with Crippen LogP contribution in [0.5, 0.6) is 5.75 Å². The molecule has 1 N–H and O–H groups in total. The van der Waals surface area contributed by atoms with Crippen molar-refractivity contribution in [3.8, 4) is 5.75 Å². The van der Waals surface area contributed by atoms with Crippen molar-refractivity contribution in [3.63, 3.8) is 0 Å². The van der Waals surface area contributed by atoms with Crippen LogP contribution in [0.3, 0.4) is 0 Å². The third-order valence-corrected chi connectivity index (χ3v) is 7.77. The summed E-state index contributed by atoms with van der Waals surface area (Å²) in [6.07, 6.45) is 8.15. The Morgan fingerprint density at radius 1 is 1.31 bits per heavy atom. The highest BCUT2D eigenvalue weighted by Gasteiger charge is 2.57. The first kappa shape index (κ1) is 17.9. The van der Waals surface area contributed by atoms with Gasteiger partial charge in [-0.1, -0.05) is 32.8 Å². The molecule has 4 rings (SSSR count). The van der Waals surface area contributed by atoms with Crippen LogP contribution in [0.15, 0.2) is 18.2 Å². The molecule has 6 atom stereocenters. The minimum atomic E-state index is -0.131. The van der Waals surface area contributed by atoms with Crippen LogP contribution in [0.25, 0.3) is 0 Å². The Balaban J connectivity index is 1.70. The maximum absolute atomic E-state index is 11.6. The quantitative estimate of drug-likeness (QED) is 0.757. The van der Waals surface area contributed by atoms with Crippen molar-refractivity contribution in [2.45, 2.75) is 77.7 Å². The molecule has 3 aliphatic rings. The third kappa shape index (κ3) is 2.75. The molecule has 0 radical (unpaired) electrons. The normalized spacial score (nSPS) is 38.2. The van der Waals surface area contributed by atoms with E-state index in [2.05, 4.69) is 19.9 Å². The zero-order valence-electron chi connectivity index (χ0n) is 16.3. The van der Waals surface area contributed by atoms with Crippen molar-refractivity contribution < 1.29 is 14.6 Å². The van der Waals surface area contributed by atoms with Gasteiger partial charge in [0.25, 0.3) is 0 Å². The Morgan fingerprint density at radius 3 is 2.85 bits per heavy atom. The number of fused-ring (bicyclic) bond motifs is 5. The Bertz CT molecular complexity index is 697. The molecular formula is C23H32O3. The molecule has 0 unspecified atom stereocenters. The molecule has 0 bridgehead atoms. The summed E-state index contributed by atoms with van der Waals surface area (Å²) in [5.74, 6) is 2.88.